The molecule has 2 rings (SSSR count). The van der Waals surface area contributed by atoms with Gasteiger partial charge in [0.25, 0.3) is 0 Å². The van der Waals surface area contributed by atoms with Crippen molar-refractivity contribution < 1.29 is 4.74 Å². The Morgan fingerprint density at radius 1 is 1.50 bits per heavy atom. The van der Waals surface area contributed by atoms with E-state index in [1.807, 2.05) is 25.1 Å². The first kappa shape index (κ1) is 13.0. The lowest BCUT2D eigenvalue weighted by molar-refractivity contribution is 0.415. The van der Waals surface area contributed by atoms with Gasteiger partial charge in [-0.2, -0.15) is 12.6 Å². The van der Waals surface area contributed by atoms with Gasteiger partial charge in [-0.25, -0.2) is 4.98 Å². The third-order valence-electron chi connectivity index (χ3n) is 2.80. The normalized spacial score (nSPS) is 10.8. The molecule has 0 N–H and O–H groups in total. The molecule has 0 bridgehead atoms. The van der Waals surface area contributed by atoms with Crippen LogP contribution >= 0.6 is 12.6 Å². The molecule has 0 aliphatic carbocycles. The summed E-state index contributed by atoms with van der Waals surface area (Å²) < 4.78 is 7.43. The number of rotatable bonds is 5. The minimum atomic E-state index is 0.788. The lowest BCUT2D eigenvalue weighted by atomic mass is 10.3. The summed E-state index contributed by atoms with van der Waals surface area (Å²) in [7, 11) is 1.67. The molecule has 0 spiro atoms. The number of nitrogens with zero attached hydrogens (tertiary/aromatic N) is 2. The van der Waals surface area contributed by atoms with E-state index in [0.29, 0.717) is 0 Å². The summed E-state index contributed by atoms with van der Waals surface area (Å²) in [5.74, 6) is 2.67. The molecule has 0 saturated heterocycles. The van der Waals surface area contributed by atoms with Crippen molar-refractivity contribution in [3.8, 4) is 5.75 Å². The number of thiol groups is 1. The molecule has 4 heteroatoms. The number of aryl methyl sites for hydroxylation is 1. The Morgan fingerprint density at radius 2 is 2.28 bits per heavy atom. The number of hydrogen-bond donors (Lipinski definition) is 1. The number of imidazole rings is 1. The number of fused-ring (bicyclic) bond motifs is 1. The Bertz CT molecular complexity index is 574. The van der Waals surface area contributed by atoms with Crippen molar-refractivity contribution in [3.05, 3.63) is 36.2 Å². The lowest BCUT2D eigenvalue weighted by Crippen LogP contribution is -2.05. The predicted molar refractivity (Wildman–Crippen MR) is 78.7 cm³/mol. The second-order valence-electron chi connectivity index (χ2n) is 4.40. The molecule has 2 aromatic rings. The van der Waals surface area contributed by atoms with Crippen LogP contribution in [0.15, 0.2) is 30.4 Å². The Hall–Kier alpha value is -1.42. The minimum absolute atomic E-state index is 0.788. The smallest absolute Gasteiger partial charge is 0.121 e. The van der Waals surface area contributed by atoms with Crippen LogP contribution in [-0.4, -0.2) is 22.4 Å². The molecule has 0 aliphatic rings. The fourth-order valence-electron chi connectivity index (χ4n) is 2.02. The van der Waals surface area contributed by atoms with E-state index >= 15 is 0 Å². The van der Waals surface area contributed by atoms with E-state index in [1.54, 1.807) is 7.11 Å². The van der Waals surface area contributed by atoms with Gasteiger partial charge < -0.3 is 9.30 Å². The van der Waals surface area contributed by atoms with Gasteiger partial charge in [-0.3, -0.25) is 0 Å². The van der Waals surface area contributed by atoms with Crippen molar-refractivity contribution >= 4 is 23.7 Å². The van der Waals surface area contributed by atoms with Crippen molar-refractivity contribution in [2.24, 2.45) is 0 Å². The predicted octanol–water partition coefficient (Wildman–Crippen LogP) is 3.09. The average Bonchev–Trinajstić information content (AvgIpc) is 2.66. The third kappa shape index (κ3) is 2.53. The highest BCUT2D eigenvalue weighted by molar-refractivity contribution is 7.80. The quantitative estimate of drug-likeness (QED) is 0.662. The van der Waals surface area contributed by atoms with Crippen molar-refractivity contribution in [2.75, 3.05) is 12.9 Å². The summed E-state index contributed by atoms with van der Waals surface area (Å²) in [4.78, 5) is 4.66. The van der Waals surface area contributed by atoms with E-state index in [1.165, 1.54) is 0 Å². The molecule has 3 nitrogen and oxygen atoms in total. The Kier molecular flexibility index (Phi) is 3.97. The molecule has 0 radical (unpaired) electrons. The zero-order valence-corrected chi connectivity index (χ0v) is 11.7. The Morgan fingerprint density at radius 3 is 2.89 bits per heavy atom. The van der Waals surface area contributed by atoms with Crippen LogP contribution in [0.1, 0.15) is 12.7 Å². The van der Waals surface area contributed by atoms with E-state index in [0.717, 1.165) is 46.9 Å². The average molecular weight is 262 g/mol. The second kappa shape index (κ2) is 5.48. The first-order valence-corrected chi connectivity index (χ1v) is 6.57. The number of ether oxygens (including phenoxy) is 1. The van der Waals surface area contributed by atoms with Gasteiger partial charge in [-0.05, 0) is 24.8 Å². The van der Waals surface area contributed by atoms with Crippen LogP contribution in [0.2, 0.25) is 0 Å². The van der Waals surface area contributed by atoms with Crippen molar-refractivity contribution in [1.29, 1.82) is 0 Å². The summed E-state index contributed by atoms with van der Waals surface area (Å²) in [6.07, 6.45) is 0.855. The van der Waals surface area contributed by atoms with Crippen LogP contribution in [0, 0.1) is 0 Å². The van der Waals surface area contributed by atoms with Gasteiger partial charge in [0.05, 0.1) is 18.1 Å². The highest BCUT2D eigenvalue weighted by Crippen LogP contribution is 2.23. The maximum absolute atomic E-state index is 5.23. The molecule has 0 atom stereocenters. The molecular weight excluding hydrogens is 244 g/mol. The maximum Gasteiger partial charge on any atom is 0.121 e. The molecule has 96 valence electrons. The van der Waals surface area contributed by atoms with Gasteiger partial charge in [0.1, 0.15) is 11.6 Å². The summed E-state index contributed by atoms with van der Waals surface area (Å²) in [6.45, 7) is 6.80. The van der Waals surface area contributed by atoms with Gasteiger partial charge >= 0.3 is 0 Å². The van der Waals surface area contributed by atoms with Crippen LogP contribution in [0.5, 0.6) is 5.75 Å². The standard InChI is InChI=1S/C14H18N2OS/c1-10(2)9-16-13-5-4-11(17-3)8-12(13)15-14(16)6-7-18/h4-5,8,18H,1,6-7,9H2,2-3H3. The summed E-state index contributed by atoms with van der Waals surface area (Å²) in [6, 6.07) is 5.97. The Balaban J connectivity index is 2.55. The molecule has 0 aliphatic heterocycles. The lowest BCUT2D eigenvalue weighted by Gasteiger charge is -2.08. The zero-order valence-electron chi connectivity index (χ0n) is 10.8. The van der Waals surface area contributed by atoms with Crippen molar-refractivity contribution in [2.45, 2.75) is 19.9 Å². The molecule has 0 saturated carbocycles. The molecular formula is C14H18N2OS. The topological polar surface area (TPSA) is 27.1 Å². The highest BCUT2D eigenvalue weighted by atomic mass is 32.1. The highest BCUT2D eigenvalue weighted by Gasteiger charge is 2.10. The zero-order chi connectivity index (χ0) is 13.1. The van der Waals surface area contributed by atoms with Crippen LogP contribution in [-0.2, 0) is 13.0 Å². The molecule has 0 amide bonds. The maximum atomic E-state index is 5.23. The molecule has 18 heavy (non-hydrogen) atoms. The first-order chi connectivity index (χ1) is 8.65. The summed E-state index contributed by atoms with van der Waals surface area (Å²) in [5.41, 5.74) is 3.20. The summed E-state index contributed by atoms with van der Waals surface area (Å²) >= 11 is 4.29. The fraction of sp³-hybridized carbons (Fsp3) is 0.357. The van der Waals surface area contributed by atoms with Gasteiger partial charge in [-0.15, -0.1) is 0 Å². The van der Waals surface area contributed by atoms with E-state index in [9.17, 15) is 0 Å². The first-order valence-electron chi connectivity index (χ1n) is 5.94. The second-order valence-corrected chi connectivity index (χ2v) is 4.85. The SMILES string of the molecule is C=C(C)Cn1c(CCS)nc2cc(OC)ccc21. The number of allylic oxidation sites excluding steroid dienone is 1. The monoisotopic (exact) mass is 262 g/mol. The van der Waals surface area contributed by atoms with E-state index < -0.39 is 0 Å². The fourth-order valence-corrected chi connectivity index (χ4v) is 2.22. The molecule has 1 aromatic carbocycles. The van der Waals surface area contributed by atoms with E-state index in [4.69, 9.17) is 4.74 Å². The van der Waals surface area contributed by atoms with Gasteiger partial charge in [0.15, 0.2) is 0 Å². The van der Waals surface area contributed by atoms with Crippen LogP contribution < -0.4 is 4.74 Å². The van der Waals surface area contributed by atoms with Crippen molar-refractivity contribution in [3.63, 3.8) is 0 Å². The number of hydrogen-bond acceptors (Lipinski definition) is 3. The van der Waals surface area contributed by atoms with Crippen LogP contribution in [0.3, 0.4) is 0 Å². The third-order valence-corrected chi connectivity index (χ3v) is 3.02. The minimum Gasteiger partial charge on any atom is -0.497 e. The van der Waals surface area contributed by atoms with Gasteiger partial charge in [0.2, 0.25) is 0 Å². The van der Waals surface area contributed by atoms with Gasteiger partial charge in [-0.1, -0.05) is 12.2 Å². The summed E-state index contributed by atoms with van der Waals surface area (Å²) in [5, 5.41) is 0. The molecule has 0 unspecified atom stereocenters. The van der Waals surface area contributed by atoms with Gasteiger partial charge in [0, 0.05) is 19.0 Å². The molecule has 1 aromatic heterocycles. The number of methoxy groups -OCH3 is 1. The van der Waals surface area contributed by atoms with E-state index in [2.05, 4.69) is 28.8 Å². The Labute approximate surface area is 113 Å². The van der Waals surface area contributed by atoms with Crippen LogP contribution in [0.4, 0.5) is 0 Å². The molecule has 1 heterocycles. The van der Waals surface area contributed by atoms with Crippen LogP contribution in [0.25, 0.3) is 11.0 Å². The van der Waals surface area contributed by atoms with Crippen molar-refractivity contribution in [1.82, 2.24) is 9.55 Å². The molecule has 0 fully saturated rings. The number of aromatic nitrogens is 2. The van der Waals surface area contributed by atoms with E-state index in [-0.39, 0.29) is 0 Å². The number of benzene rings is 1. The largest absolute Gasteiger partial charge is 0.497 e.